The van der Waals surface area contributed by atoms with Crippen molar-refractivity contribution in [1.82, 2.24) is 5.32 Å². The number of hydrogen-bond donors (Lipinski definition) is 1. The summed E-state index contributed by atoms with van der Waals surface area (Å²) in [6.45, 7) is 10.9. The average molecular weight is 167 g/mol. The molecule has 1 N–H and O–H groups in total. The summed E-state index contributed by atoms with van der Waals surface area (Å²) in [6.07, 6.45) is 3.95. The van der Waals surface area contributed by atoms with E-state index in [1.54, 1.807) is 0 Å². The van der Waals surface area contributed by atoms with Gasteiger partial charge in [-0.1, -0.05) is 25.5 Å². The standard InChI is InChI=1S/C11H21N/c1-4-5-10-8-12-7-6-11(10)9(2)3/h10-12H,2,4-8H2,1,3H3. The first kappa shape index (κ1) is 9.79. The van der Waals surface area contributed by atoms with Gasteiger partial charge in [0.15, 0.2) is 0 Å². The molecule has 0 amide bonds. The molecule has 0 aromatic rings. The zero-order valence-corrected chi connectivity index (χ0v) is 8.40. The van der Waals surface area contributed by atoms with Gasteiger partial charge in [0.1, 0.15) is 0 Å². The summed E-state index contributed by atoms with van der Waals surface area (Å²) in [5.41, 5.74) is 1.38. The third kappa shape index (κ3) is 2.34. The van der Waals surface area contributed by atoms with Gasteiger partial charge in [0.2, 0.25) is 0 Å². The van der Waals surface area contributed by atoms with Crippen molar-refractivity contribution in [1.29, 1.82) is 0 Å². The molecule has 0 aromatic heterocycles. The first-order chi connectivity index (χ1) is 5.75. The lowest BCUT2D eigenvalue weighted by atomic mass is 9.80. The van der Waals surface area contributed by atoms with Crippen molar-refractivity contribution in [2.45, 2.75) is 33.1 Å². The van der Waals surface area contributed by atoms with Crippen molar-refractivity contribution in [2.24, 2.45) is 11.8 Å². The van der Waals surface area contributed by atoms with E-state index in [2.05, 4.69) is 25.7 Å². The van der Waals surface area contributed by atoms with Gasteiger partial charge >= 0.3 is 0 Å². The molecule has 1 aliphatic heterocycles. The van der Waals surface area contributed by atoms with E-state index in [1.807, 2.05) is 0 Å². The molecule has 1 heterocycles. The summed E-state index contributed by atoms with van der Waals surface area (Å²) >= 11 is 0. The first-order valence-corrected chi connectivity index (χ1v) is 5.11. The Bertz CT molecular complexity index is 149. The molecular weight excluding hydrogens is 146 g/mol. The van der Waals surface area contributed by atoms with Crippen LogP contribution in [0.25, 0.3) is 0 Å². The third-order valence-electron chi connectivity index (χ3n) is 2.90. The van der Waals surface area contributed by atoms with Crippen LogP contribution in [0.3, 0.4) is 0 Å². The summed E-state index contributed by atoms with van der Waals surface area (Å²) in [5.74, 6) is 1.63. The number of rotatable bonds is 3. The second kappa shape index (κ2) is 4.66. The highest BCUT2D eigenvalue weighted by Gasteiger charge is 2.24. The molecule has 1 aliphatic rings. The molecule has 1 nitrogen and oxygen atoms in total. The quantitative estimate of drug-likeness (QED) is 0.637. The van der Waals surface area contributed by atoms with E-state index in [1.165, 1.54) is 37.9 Å². The van der Waals surface area contributed by atoms with Crippen molar-refractivity contribution >= 4 is 0 Å². The highest BCUT2D eigenvalue weighted by atomic mass is 14.9. The maximum absolute atomic E-state index is 4.08. The van der Waals surface area contributed by atoms with Gasteiger partial charge in [0.05, 0.1) is 0 Å². The van der Waals surface area contributed by atoms with Crippen molar-refractivity contribution in [3.05, 3.63) is 12.2 Å². The number of piperidine rings is 1. The summed E-state index contributed by atoms with van der Waals surface area (Å²) in [7, 11) is 0. The molecule has 1 fully saturated rings. The van der Waals surface area contributed by atoms with E-state index in [4.69, 9.17) is 0 Å². The summed E-state index contributed by atoms with van der Waals surface area (Å²) < 4.78 is 0. The van der Waals surface area contributed by atoms with Crippen LogP contribution < -0.4 is 5.32 Å². The van der Waals surface area contributed by atoms with Gasteiger partial charge in [0, 0.05) is 0 Å². The average Bonchev–Trinajstić information content (AvgIpc) is 2.05. The number of allylic oxidation sites excluding steroid dienone is 1. The fraction of sp³-hybridized carbons (Fsp3) is 0.818. The lowest BCUT2D eigenvalue weighted by Gasteiger charge is -2.32. The van der Waals surface area contributed by atoms with Crippen LogP contribution in [0, 0.1) is 11.8 Å². The molecule has 1 saturated heterocycles. The highest BCUT2D eigenvalue weighted by molar-refractivity contribution is 5.01. The minimum absolute atomic E-state index is 0.784. The smallest absolute Gasteiger partial charge is 0.00148 e. The van der Waals surface area contributed by atoms with Gasteiger partial charge in [-0.15, -0.1) is 0 Å². The summed E-state index contributed by atoms with van der Waals surface area (Å²) in [5, 5.41) is 3.46. The highest BCUT2D eigenvalue weighted by Crippen LogP contribution is 2.28. The topological polar surface area (TPSA) is 12.0 Å². The maximum Gasteiger partial charge on any atom is -0.00148 e. The lowest BCUT2D eigenvalue weighted by Crippen LogP contribution is -2.36. The molecule has 12 heavy (non-hydrogen) atoms. The first-order valence-electron chi connectivity index (χ1n) is 5.11. The van der Waals surface area contributed by atoms with Gasteiger partial charge in [-0.05, 0) is 44.7 Å². The van der Waals surface area contributed by atoms with E-state index in [-0.39, 0.29) is 0 Å². The Morgan fingerprint density at radius 3 is 2.92 bits per heavy atom. The van der Waals surface area contributed by atoms with Crippen molar-refractivity contribution in [2.75, 3.05) is 13.1 Å². The largest absolute Gasteiger partial charge is 0.316 e. The van der Waals surface area contributed by atoms with Crippen molar-refractivity contribution in [3.63, 3.8) is 0 Å². The molecule has 2 unspecified atom stereocenters. The second-order valence-electron chi connectivity index (χ2n) is 3.99. The minimum atomic E-state index is 0.784. The Hall–Kier alpha value is -0.300. The number of hydrogen-bond acceptors (Lipinski definition) is 1. The summed E-state index contributed by atoms with van der Waals surface area (Å²) in [6, 6.07) is 0. The van der Waals surface area contributed by atoms with Crippen molar-refractivity contribution < 1.29 is 0 Å². The van der Waals surface area contributed by atoms with Crippen LogP contribution in [0.15, 0.2) is 12.2 Å². The van der Waals surface area contributed by atoms with Gasteiger partial charge in [0.25, 0.3) is 0 Å². The van der Waals surface area contributed by atoms with Gasteiger partial charge in [-0.3, -0.25) is 0 Å². The second-order valence-corrected chi connectivity index (χ2v) is 3.99. The van der Waals surface area contributed by atoms with Crippen LogP contribution in [0.1, 0.15) is 33.1 Å². The normalized spacial score (nSPS) is 30.2. The van der Waals surface area contributed by atoms with Gasteiger partial charge in [-0.2, -0.15) is 0 Å². The zero-order valence-electron chi connectivity index (χ0n) is 8.40. The van der Waals surface area contributed by atoms with Crippen LogP contribution in [0.4, 0.5) is 0 Å². The van der Waals surface area contributed by atoms with E-state index in [9.17, 15) is 0 Å². The molecule has 2 atom stereocenters. The Morgan fingerprint density at radius 1 is 1.58 bits per heavy atom. The van der Waals surface area contributed by atoms with Crippen LogP contribution in [0.5, 0.6) is 0 Å². The Kier molecular flexibility index (Phi) is 3.80. The lowest BCUT2D eigenvalue weighted by molar-refractivity contribution is 0.273. The predicted molar refractivity (Wildman–Crippen MR) is 54.2 cm³/mol. The molecule has 0 aromatic carbocycles. The molecule has 1 heteroatoms. The molecule has 0 radical (unpaired) electrons. The van der Waals surface area contributed by atoms with Gasteiger partial charge in [-0.25, -0.2) is 0 Å². The molecule has 1 rings (SSSR count). The van der Waals surface area contributed by atoms with Crippen LogP contribution in [-0.4, -0.2) is 13.1 Å². The Balaban J connectivity index is 2.48. The summed E-state index contributed by atoms with van der Waals surface area (Å²) in [4.78, 5) is 0. The van der Waals surface area contributed by atoms with Crippen LogP contribution in [0.2, 0.25) is 0 Å². The zero-order chi connectivity index (χ0) is 8.97. The molecule has 0 aliphatic carbocycles. The number of nitrogens with one attached hydrogen (secondary N) is 1. The molecule has 0 saturated carbocycles. The van der Waals surface area contributed by atoms with E-state index < -0.39 is 0 Å². The monoisotopic (exact) mass is 167 g/mol. The SMILES string of the molecule is C=C(C)C1CCNCC1CCC. The molecular formula is C11H21N. The Labute approximate surface area is 76.2 Å². The van der Waals surface area contributed by atoms with Crippen LogP contribution in [-0.2, 0) is 0 Å². The van der Waals surface area contributed by atoms with Crippen molar-refractivity contribution in [3.8, 4) is 0 Å². The maximum atomic E-state index is 4.08. The van der Waals surface area contributed by atoms with Gasteiger partial charge < -0.3 is 5.32 Å². The minimum Gasteiger partial charge on any atom is -0.316 e. The molecule has 70 valence electrons. The van der Waals surface area contributed by atoms with Crippen LogP contribution >= 0.6 is 0 Å². The third-order valence-corrected chi connectivity index (χ3v) is 2.90. The Morgan fingerprint density at radius 2 is 2.33 bits per heavy atom. The van der Waals surface area contributed by atoms with E-state index in [0.29, 0.717) is 0 Å². The van der Waals surface area contributed by atoms with E-state index >= 15 is 0 Å². The molecule has 0 spiro atoms. The fourth-order valence-corrected chi connectivity index (χ4v) is 2.25. The fourth-order valence-electron chi connectivity index (χ4n) is 2.25. The predicted octanol–water partition coefficient (Wildman–Crippen LogP) is 2.59. The molecule has 0 bridgehead atoms. The van der Waals surface area contributed by atoms with E-state index in [0.717, 1.165) is 11.8 Å².